The van der Waals surface area contributed by atoms with Crippen LogP contribution in [0.15, 0.2) is 18.2 Å². The van der Waals surface area contributed by atoms with E-state index < -0.39 is 0 Å². The number of hydrogen-bond donors (Lipinski definition) is 0. The summed E-state index contributed by atoms with van der Waals surface area (Å²) in [6, 6.07) is 7.68. The Kier molecular flexibility index (Phi) is 4.13. The molecule has 0 aromatic heterocycles. The monoisotopic (exact) mass is 295 g/mol. The van der Waals surface area contributed by atoms with Crippen LogP contribution < -0.4 is 4.90 Å². The lowest BCUT2D eigenvalue weighted by atomic mass is 10.1. The molecule has 0 unspecified atom stereocenters. The van der Waals surface area contributed by atoms with Crippen LogP contribution in [0.1, 0.15) is 37.8 Å². The van der Waals surface area contributed by atoms with Crippen LogP contribution in [0.4, 0.5) is 5.69 Å². The molecular formula is C15H22BrN. The molecule has 1 aliphatic rings. The lowest BCUT2D eigenvalue weighted by Crippen LogP contribution is -2.29. The fourth-order valence-electron chi connectivity index (χ4n) is 2.25. The average molecular weight is 296 g/mol. The summed E-state index contributed by atoms with van der Waals surface area (Å²) in [5.41, 5.74) is 4.20. The van der Waals surface area contributed by atoms with Gasteiger partial charge in [-0.15, -0.1) is 0 Å². The van der Waals surface area contributed by atoms with Crippen molar-refractivity contribution in [1.82, 2.24) is 0 Å². The number of rotatable bonds is 5. The van der Waals surface area contributed by atoms with Crippen molar-refractivity contribution in [1.29, 1.82) is 0 Å². The molecule has 0 N–H and O–H groups in total. The van der Waals surface area contributed by atoms with Crippen LogP contribution in [0.5, 0.6) is 0 Å². The van der Waals surface area contributed by atoms with Gasteiger partial charge in [-0.25, -0.2) is 0 Å². The summed E-state index contributed by atoms with van der Waals surface area (Å²) in [7, 11) is 0. The van der Waals surface area contributed by atoms with Gasteiger partial charge in [0.2, 0.25) is 0 Å². The van der Waals surface area contributed by atoms with E-state index in [0.717, 1.165) is 17.3 Å². The van der Waals surface area contributed by atoms with Gasteiger partial charge >= 0.3 is 0 Å². The zero-order chi connectivity index (χ0) is 12.4. The first-order valence-electron chi connectivity index (χ1n) is 6.54. The van der Waals surface area contributed by atoms with Crippen molar-refractivity contribution in [2.45, 2.75) is 45.0 Å². The van der Waals surface area contributed by atoms with Crippen molar-refractivity contribution in [2.75, 3.05) is 11.4 Å². The zero-order valence-corrected chi connectivity index (χ0v) is 12.6. The van der Waals surface area contributed by atoms with Gasteiger partial charge in [0.1, 0.15) is 0 Å². The maximum absolute atomic E-state index is 3.54. The fourth-order valence-corrected chi connectivity index (χ4v) is 2.88. The predicted molar refractivity (Wildman–Crippen MR) is 79.0 cm³/mol. The first-order valence-corrected chi connectivity index (χ1v) is 7.66. The van der Waals surface area contributed by atoms with Gasteiger partial charge in [-0.3, -0.25) is 0 Å². The minimum atomic E-state index is 0.728. The van der Waals surface area contributed by atoms with Crippen LogP contribution in [0, 0.1) is 12.8 Å². The van der Waals surface area contributed by atoms with E-state index in [1.807, 2.05) is 0 Å². The molecule has 0 amide bonds. The van der Waals surface area contributed by atoms with Crippen LogP contribution >= 0.6 is 15.9 Å². The highest BCUT2D eigenvalue weighted by molar-refractivity contribution is 9.08. The summed E-state index contributed by atoms with van der Waals surface area (Å²) in [5.74, 6) is 0.728. The second-order valence-electron chi connectivity index (χ2n) is 5.52. The van der Waals surface area contributed by atoms with E-state index in [1.165, 1.54) is 36.2 Å². The lowest BCUT2D eigenvalue weighted by Gasteiger charge is -2.27. The summed E-state index contributed by atoms with van der Waals surface area (Å²) in [6.07, 6.45) is 2.73. The smallest absolute Gasteiger partial charge is 0.0371 e. The quantitative estimate of drug-likeness (QED) is 0.722. The molecule has 2 rings (SSSR count). The van der Waals surface area contributed by atoms with E-state index in [-0.39, 0.29) is 0 Å². The number of halogens is 1. The summed E-state index contributed by atoms with van der Waals surface area (Å²) >= 11 is 3.54. The number of nitrogens with zero attached hydrogens (tertiary/aromatic N) is 1. The van der Waals surface area contributed by atoms with Crippen LogP contribution in [-0.4, -0.2) is 12.6 Å². The molecule has 0 heterocycles. The van der Waals surface area contributed by atoms with E-state index in [9.17, 15) is 0 Å². The SMILES string of the molecule is Cc1cc(N(CC(C)C)C2CC2)ccc1CBr. The Morgan fingerprint density at radius 3 is 2.53 bits per heavy atom. The van der Waals surface area contributed by atoms with E-state index >= 15 is 0 Å². The first kappa shape index (κ1) is 12.9. The van der Waals surface area contributed by atoms with Crippen molar-refractivity contribution in [2.24, 2.45) is 5.92 Å². The maximum Gasteiger partial charge on any atom is 0.0371 e. The van der Waals surface area contributed by atoms with E-state index in [4.69, 9.17) is 0 Å². The topological polar surface area (TPSA) is 3.24 Å². The molecule has 17 heavy (non-hydrogen) atoms. The number of hydrogen-bond acceptors (Lipinski definition) is 1. The van der Waals surface area contributed by atoms with Gasteiger partial charge in [-0.1, -0.05) is 35.8 Å². The molecule has 1 fully saturated rings. The first-order chi connectivity index (χ1) is 8.11. The number of alkyl halides is 1. The molecule has 0 spiro atoms. The van der Waals surface area contributed by atoms with Crippen molar-refractivity contribution >= 4 is 21.6 Å². The molecular weight excluding hydrogens is 274 g/mol. The Labute approximate surface area is 113 Å². The molecule has 0 bridgehead atoms. The Morgan fingerprint density at radius 1 is 1.35 bits per heavy atom. The van der Waals surface area contributed by atoms with Crippen LogP contribution in [0.3, 0.4) is 0 Å². The third-order valence-corrected chi connectivity index (χ3v) is 3.96. The molecule has 0 saturated heterocycles. The third-order valence-electron chi connectivity index (χ3n) is 3.35. The van der Waals surface area contributed by atoms with Crippen LogP contribution in [0.2, 0.25) is 0 Å². The number of anilines is 1. The summed E-state index contributed by atoms with van der Waals surface area (Å²) in [4.78, 5) is 2.59. The summed E-state index contributed by atoms with van der Waals surface area (Å²) in [6.45, 7) is 7.99. The molecule has 0 atom stereocenters. The van der Waals surface area contributed by atoms with Gasteiger partial charge in [0.15, 0.2) is 0 Å². The Bertz CT molecular complexity index is 383. The number of benzene rings is 1. The fraction of sp³-hybridized carbons (Fsp3) is 0.600. The predicted octanol–water partition coefficient (Wildman–Crippen LogP) is 4.51. The molecule has 1 aliphatic carbocycles. The Balaban J connectivity index is 2.20. The molecule has 1 saturated carbocycles. The highest BCUT2D eigenvalue weighted by atomic mass is 79.9. The molecule has 1 aromatic rings. The second kappa shape index (κ2) is 5.43. The van der Waals surface area contributed by atoms with E-state index in [2.05, 4.69) is 59.8 Å². The minimum absolute atomic E-state index is 0.728. The lowest BCUT2D eigenvalue weighted by molar-refractivity contribution is 0.607. The van der Waals surface area contributed by atoms with Crippen LogP contribution in [-0.2, 0) is 5.33 Å². The van der Waals surface area contributed by atoms with Gasteiger partial charge in [0, 0.05) is 23.6 Å². The molecule has 94 valence electrons. The zero-order valence-electron chi connectivity index (χ0n) is 11.0. The van der Waals surface area contributed by atoms with Gasteiger partial charge in [-0.05, 0) is 48.9 Å². The van der Waals surface area contributed by atoms with Crippen molar-refractivity contribution in [3.63, 3.8) is 0 Å². The normalized spacial score (nSPS) is 15.4. The molecule has 1 nitrogen and oxygen atoms in total. The van der Waals surface area contributed by atoms with Crippen LogP contribution in [0.25, 0.3) is 0 Å². The minimum Gasteiger partial charge on any atom is -0.368 e. The van der Waals surface area contributed by atoms with Crippen molar-refractivity contribution < 1.29 is 0 Å². The molecule has 0 aliphatic heterocycles. The maximum atomic E-state index is 3.54. The van der Waals surface area contributed by atoms with Crippen molar-refractivity contribution in [3.05, 3.63) is 29.3 Å². The Morgan fingerprint density at radius 2 is 2.06 bits per heavy atom. The molecule has 2 heteroatoms. The standard InChI is InChI=1S/C15H22BrN/c1-11(2)10-17(14-6-7-14)15-5-4-13(9-16)12(3)8-15/h4-5,8,11,14H,6-7,9-10H2,1-3H3. The van der Waals surface area contributed by atoms with Gasteiger partial charge < -0.3 is 4.90 Å². The molecule has 0 radical (unpaired) electrons. The Hall–Kier alpha value is -0.500. The third kappa shape index (κ3) is 3.25. The largest absolute Gasteiger partial charge is 0.368 e. The summed E-state index contributed by atoms with van der Waals surface area (Å²) < 4.78 is 0. The summed E-state index contributed by atoms with van der Waals surface area (Å²) in [5, 5.41) is 0.951. The highest BCUT2D eigenvalue weighted by Gasteiger charge is 2.29. The highest BCUT2D eigenvalue weighted by Crippen LogP contribution is 2.33. The van der Waals surface area contributed by atoms with Crippen molar-refractivity contribution in [3.8, 4) is 0 Å². The second-order valence-corrected chi connectivity index (χ2v) is 6.08. The van der Waals surface area contributed by atoms with E-state index in [0.29, 0.717) is 0 Å². The number of aryl methyl sites for hydroxylation is 1. The molecule has 1 aromatic carbocycles. The average Bonchev–Trinajstić information content (AvgIpc) is 3.09. The van der Waals surface area contributed by atoms with Gasteiger partial charge in [0.05, 0.1) is 0 Å². The van der Waals surface area contributed by atoms with Gasteiger partial charge in [-0.2, -0.15) is 0 Å². The van der Waals surface area contributed by atoms with Gasteiger partial charge in [0.25, 0.3) is 0 Å². The van der Waals surface area contributed by atoms with E-state index in [1.54, 1.807) is 0 Å².